The number of hydrogen-bond donors (Lipinski definition) is 1. The number of para-hydroxylation sites is 1. The normalized spacial score (nSPS) is 19.8. The van der Waals surface area contributed by atoms with Crippen LogP contribution in [0, 0.1) is 0 Å². The smallest absolute Gasteiger partial charge is 0.163 e. The first kappa shape index (κ1) is 13.9. The largest absolute Gasteiger partial charge is 0.457 e. The van der Waals surface area contributed by atoms with Gasteiger partial charge < -0.3 is 9.73 Å². The standard InChI is InChI=1S/C17H19N3OS/c1-12-10-20(9-8-18-12)11-13-6-7-15(21-13)17-19-14-4-2-3-5-16(14)22-17/h2-7,12,18H,8-11H2,1H3. The van der Waals surface area contributed by atoms with Gasteiger partial charge in [0.2, 0.25) is 0 Å². The van der Waals surface area contributed by atoms with Crippen LogP contribution in [-0.2, 0) is 6.54 Å². The molecular formula is C17H19N3OS. The molecule has 0 amide bonds. The van der Waals surface area contributed by atoms with Crippen LogP contribution in [0.4, 0.5) is 0 Å². The highest BCUT2D eigenvalue weighted by Crippen LogP contribution is 2.31. The van der Waals surface area contributed by atoms with Gasteiger partial charge in [-0.2, -0.15) is 0 Å². The third-order valence-electron chi connectivity index (χ3n) is 4.00. The summed E-state index contributed by atoms with van der Waals surface area (Å²) in [6, 6.07) is 12.9. The molecule has 0 aliphatic carbocycles. The van der Waals surface area contributed by atoms with E-state index in [-0.39, 0.29) is 0 Å². The summed E-state index contributed by atoms with van der Waals surface area (Å²) < 4.78 is 7.22. The monoisotopic (exact) mass is 313 g/mol. The van der Waals surface area contributed by atoms with E-state index in [1.807, 2.05) is 24.3 Å². The fourth-order valence-electron chi connectivity index (χ4n) is 2.93. The van der Waals surface area contributed by atoms with Crippen LogP contribution in [0.3, 0.4) is 0 Å². The van der Waals surface area contributed by atoms with Gasteiger partial charge in [0.05, 0.1) is 16.8 Å². The van der Waals surface area contributed by atoms with Crippen molar-refractivity contribution in [1.82, 2.24) is 15.2 Å². The number of benzene rings is 1. The van der Waals surface area contributed by atoms with Crippen molar-refractivity contribution < 1.29 is 4.42 Å². The molecule has 114 valence electrons. The zero-order chi connectivity index (χ0) is 14.9. The quantitative estimate of drug-likeness (QED) is 0.805. The van der Waals surface area contributed by atoms with E-state index in [9.17, 15) is 0 Å². The van der Waals surface area contributed by atoms with E-state index >= 15 is 0 Å². The molecule has 3 aromatic rings. The average Bonchev–Trinajstić information content (AvgIpc) is 3.13. The first-order chi connectivity index (χ1) is 10.8. The van der Waals surface area contributed by atoms with E-state index in [4.69, 9.17) is 4.42 Å². The molecular weight excluding hydrogens is 294 g/mol. The van der Waals surface area contributed by atoms with Gasteiger partial charge in [0, 0.05) is 25.7 Å². The second kappa shape index (κ2) is 5.83. The van der Waals surface area contributed by atoms with Crippen LogP contribution >= 0.6 is 11.3 Å². The Balaban J connectivity index is 1.53. The molecule has 1 fully saturated rings. The minimum Gasteiger partial charge on any atom is -0.457 e. The molecule has 2 aromatic heterocycles. The van der Waals surface area contributed by atoms with Gasteiger partial charge in [0.15, 0.2) is 10.8 Å². The fourth-order valence-corrected chi connectivity index (χ4v) is 3.86. The number of nitrogens with one attached hydrogen (secondary N) is 1. The maximum atomic E-state index is 6.02. The summed E-state index contributed by atoms with van der Waals surface area (Å²) in [5.74, 6) is 1.89. The average molecular weight is 313 g/mol. The van der Waals surface area contributed by atoms with Gasteiger partial charge in [-0.05, 0) is 31.2 Å². The van der Waals surface area contributed by atoms with Gasteiger partial charge in [-0.1, -0.05) is 12.1 Å². The zero-order valence-corrected chi connectivity index (χ0v) is 13.4. The van der Waals surface area contributed by atoms with Gasteiger partial charge in [0.1, 0.15) is 5.76 Å². The molecule has 1 N–H and O–H groups in total. The summed E-state index contributed by atoms with van der Waals surface area (Å²) in [7, 11) is 0. The van der Waals surface area contributed by atoms with Gasteiger partial charge in [0.25, 0.3) is 0 Å². The van der Waals surface area contributed by atoms with Crippen LogP contribution in [0.1, 0.15) is 12.7 Å². The summed E-state index contributed by atoms with van der Waals surface area (Å²) in [6.07, 6.45) is 0. The third-order valence-corrected chi connectivity index (χ3v) is 5.05. The number of rotatable bonds is 3. The molecule has 1 aliphatic heterocycles. The Labute approximate surface area is 133 Å². The summed E-state index contributed by atoms with van der Waals surface area (Å²) >= 11 is 1.68. The van der Waals surface area contributed by atoms with Crippen molar-refractivity contribution in [2.75, 3.05) is 19.6 Å². The van der Waals surface area contributed by atoms with Crippen LogP contribution in [0.25, 0.3) is 21.0 Å². The molecule has 1 atom stereocenters. The predicted molar refractivity (Wildman–Crippen MR) is 90.1 cm³/mol. The first-order valence-electron chi connectivity index (χ1n) is 7.68. The number of nitrogens with zero attached hydrogens (tertiary/aromatic N) is 2. The highest BCUT2D eigenvalue weighted by Gasteiger charge is 2.17. The molecule has 5 heteroatoms. The van der Waals surface area contributed by atoms with E-state index in [0.717, 1.165) is 48.2 Å². The van der Waals surface area contributed by atoms with Crippen LogP contribution in [0.2, 0.25) is 0 Å². The van der Waals surface area contributed by atoms with Crippen molar-refractivity contribution in [3.8, 4) is 10.8 Å². The number of furan rings is 1. The third kappa shape index (κ3) is 2.79. The Morgan fingerprint density at radius 1 is 1.32 bits per heavy atom. The van der Waals surface area contributed by atoms with Crippen molar-refractivity contribution in [2.24, 2.45) is 0 Å². The summed E-state index contributed by atoms with van der Waals surface area (Å²) in [5, 5.41) is 4.42. The molecule has 3 heterocycles. The van der Waals surface area contributed by atoms with E-state index < -0.39 is 0 Å². The zero-order valence-electron chi connectivity index (χ0n) is 12.6. The molecule has 1 aliphatic rings. The topological polar surface area (TPSA) is 41.3 Å². The molecule has 22 heavy (non-hydrogen) atoms. The number of hydrogen-bond acceptors (Lipinski definition) is 5. The first-order valence-corrected chi connectivity index (χ1v) is 8.50. The van der Waals surface area contributed by atoms with Crippen LogP contribution < -0.4 is 5.32 Å². The summed E-state index contributed by atoms with van der Waals surface area (Å²) in [4.78, 5) is 7.09. The van der Waals surface area contributed by atoms with E-state index in [2.05, 4.69) is 34.3 Å². The van der Waals surface area contributed by atoms with Crippen molar-refractivity contribution in [2.45, 2.75) is 19.5 Å². The maximum absolute atomic E-state index is 6.02. The van der Waals surface area contributed by atoms with E-state index in [1.165, 1.54) is 4.70 Å². The second-order valence-corrected chi connectivity index (χ2v) is 6.87. The van der Waals surface area contributed by atoms with Crippen molar-refractivity contribution >= 4 is 21.6 Å². The molecule has 1 saturated heterocycles. The Morgan fingerprint density at radius 2 is 2.23 bits per heavy atom. The highest BCUT2D eigenvalue weighted by molar-refractivity contribution is 7.21. The lowest BCUT2D eigenvalue weighted by molar-refractivity contribution is 0.187. The van der Waals surface area contributed by atoms with Gasteiger partial charge in [-0.25, -0.2) is 4.98 Å². The summed E-state index contributed by atoms with van der Waals surface area (Å²) in [5.41, 5.74) is 1.04. The Hall–Kier alpha value is -1.69. The molecule has 0 saturated carbocycles. The van der Waals surface area contributed by atoms with Crippen LogP contribution in [-0.4, -0.2) is 35.6 Å². The Bertz CT molecular complexity index is 746. The fraction of sp³-hybridized carbons (Fsp3) is 0.353. The molecule has 0 bridgehead atoms. The van der Waals surface area contributed by atoms with E-state index in [1.54, 1.807) is 11.3 Å². The van der Waals surface area contributed by atoms with Gasteiger partial charge in [-0.15, -0.1) is 11.3 Å². The van der Waals surface area contributed by atoms with Crippen molar-refractivity contribution in [3.05, 3.63) is 42.2 Å². The second-order valence-electron chi connectivity index (χ2n) is 5.84. The molecule has 0 radical (unpaired) electrons. The maximum Gasteiger partial charge on any atom is 0.163 e. The number of aromatic nitrogens is 1. The molecule has 1 aromatic carbocycles. The van der Waals surface area contributed by atoms with Gasteiger partial charge in [-0.3, -0.25) is 4.90 Å². The molecule has 1 unspecified atom stereocenters. The molecule has 4 nitrogen and oxygen atoms in total. The predicted octanol–water partition coefficient (Wildman–Crippen LogP) is 3.35. The lowest BCUT2D eigenvalue weighted by Gasteiger charge is -2.31. The highest BCUT2D eigenvalue weighted by atomic mass is 32.1. The van der Waals surface area contributed by atoms with Crippen molar-refractivity contribution in [3.63, 3.8) is 0 Å². The SMILES string of the molecule is CC1CN(Cc2ccc(-c3nc4ccccc4s3)o2)CCN1. The number of thiazole rings is 1. The van der Waals surface area contributed by atoms with Crippen LogP contribution in [0.15, 0.2) is 40.8 Å². The lowest BCUT2D eigenvalue weighted by Crippen LogP contribution is -2.48. The van der Waals surface area contributed by atoms with E-state index in [0.29, 0.717) is 6.04 Å². The van der Waals surface area contributed by atoms with Crippen LogP contribution in [0.5, 0.6) is 0 Å². The number of fused-ring (bicyclic) bond motifs is 1. The van der Waals surface area contributed by atoms with Crippen molar-refractivity contribution in [1.29, 1.82) is 0 Å². The minimum atomic E-state index is 0.549. The minimum absolute atomic E-state index is 0.549. The Morgan fingerprint density at radius 3 is 3.09 bits per heavy atom. The molecule has 4 rings (SSSR count). The van der Waals surface area contributed by atoms with Gasteiger partial charge >= 0.3 is 0 Å². The summed E-state index contributed by atoms with van der Waals surface area (Å²) in [6.45, 7) is 6.28. The molecule has 0 spiro atoms. The Kier molecular flexibility index (Phi) is 3.70. The number of piperazine rings is 1. The lowest BCUT2D eigenvalue weighted by atomic mass is 10.2.